The predicted octanol–water partition coefficient (Wildman–Crippen LogP) is 3.43. The molecule has 2 rings (SSSR count). The summed E-state index contributed by atoms with van der Waals surface area (Å²) in [5.41, 5.74) is 0.379. The monoisotopic (exact) mass is 320 g/mol. The van der Waals surface area contributed by atoms with Gasteiger partial charge in [-0.15, -0.1) is 0 Å². The summed E-state index contributed by atoms with van der Waals surface area (Å²) < 4.78 is 15.9. The van der Waals surface area contributed by atoms with Crippen molar-refractivity contribution in [2.45, 2.75) is 38.5 Å². The second-order valence-electron chi connectivity index (χ2n) is 5.72. The highest BCUT2D eigenvalue weighted by atomic mass is 16.5. The summed E-state index contributed by atoms with van der Waals surface area (Å²) in [6, 6.07) is 3.32. The van der Waals surface area contributed by atoms with E-state index in [0.29, 0.717) is 35.7 Å². The lowest BCUT2D eigenvalue weighted by Gasteiger charge is -2.20. The number of ether oxygens (including phenoxy) is 3. The lowest BCUT2D eigenvalue weighted by atomic mass is 9.84. The van der Waals surface area contributed by atoms with Gasteiger partial charge in [-0.25, -0.2) is 0 Å². The van der Waals surface area contributed by atoms with Gasteiger partial charge in [-0.3, -0.25) is 9.59 Å². The number of ketones is 2. The maximum absolute atomic E-state index is 12.9. The number of Topliss-reactive ketones (excluding diaryl/α,β-unsaturated/α-hetero) is 2. The third-order valence-electron chi connectivity index (χ3n) is 4.34. The van der Waals surface area contributed by atoms with E-state index in [0.717, 1.165) is 25.7 Å². The van der Waals surface area contributed by atoms with Crippen molar-refractivity contribution in [2.24, 2.45) is 5.92 Å². The molecule has 23 heavy (non-hydrogen) atoms. The van der Waals surface area contributed by atoms with E-state index in [4.69, 9.17) is 14.2 Å². The Morgan fingerprint density at radius 2 is 1.65 bits per heavy atom. The van der Waals surface area contributed by atoms with Crippen LogP contribution in [0.25, 0.3) is 0 Å². The Morgan fingerprint density at radius 1 is 0.957 bits per heavy atom. The van der Waals surface area contributed by atoms with Crippen molar-refractivity contribution in [3.05, 3.63) is 17.7 Å². The summed E-state index contributed by atoms with van der Waals surface area (Å²) in [6.45, 7) is 0. The van der Waals surface area contributed by atoms with Crippen LogP contribution in [0.15, 0.2) is 12.1 Å². The minimum Gasteiger partial charge on any atom is -0.493 e. The van der Waals surface area contributed by atoms with E-state index >= 15 is 0 Å². The maximum Gasteiger partial charge on any atom is 0.204 e. The second kappa shape index (κ2) is 7.99. The number of hydrogen-bond donors (Lipinski definition) is 0. The standard InChI is InChI=1S/C18H24O5/c1-21-15-11-10-13(17(22-2)18(15)23-3)16(20)12-8-6-4-5-7-9-14(12)19/h10-12H,4-9H2,1-3H3. The van der Waals surface area contributed by atoms with Gasteiger partial charge in [0.15, 0.2) is 17.3 Å². The zero-order valence-corrected chi connectivity index (χ0v) is 14.0. The molecule has 1 atom stereocenters. The highest BCUT2D eigenvalue weighted by Gasteiger charge is 2.31. The number of carbonyl (C=O) groups is 2. The molecular weight excluding hydrogens is 296 g/mol. The van der Waals surface area contributed by atoms with E-state index in [2.05, 4.69) is 0 Å². The van der Waals surface area contributed by atoms with Gasteiger partial charge in [0.2, 0.25) is 5.75 Å². The minimum atomic E-state index is -0.581. The minimum absolute atomic E-state index is 0.0338. The summed E-state index contributed by atoms with van der Waals surface area (Å²) in [6.07, 6.45) is 4.98. The van der Waals surface area contributed by atoms with Crippen molar-refractivity contribution in [1.29, 1.82) is 0 Å². The first-order valence-electron chi connectivity index (χ1n) is 8.00. The van der Waals surface area contributed by atoms with Crippen molar-refractivity contribution >= 4 is 11.6 Å². The van der Waals surface area contributed by atoms with E-state index in [-0.39, 0.29) is 11.6 Å². The zero-order valence-electron chi connectivity index (χ0n) is 14.0. The molecule has 1 unspecified atom stereocenters. The first kappa shape index (κ1) is 17.3. The van der Waals surface area contributed by atoms with Gasteiger partial charge >= 0.3 is 0 Å². The Labute approximate surface area is 136 Å². The van der Waals surface area contributed by atoms with Gasteiger partial charge in [0, 0.05) is 6.42 Å². The molecule has 0 spiro atoms. The number of benzene rings is 1. The average Bonchev–Trinajstić information content (AvgIpc) is 2.56. The Bertz CT molecular complexity index is 579. The van der Waals surface area contributed by atoms with Gasteiger partial charge < -0.3 is 14.2 Å². The van der Waals surface area contributed by atoms with Crippen LogP contribution in [0, 0.1) is 5.92 Å². The Balaban J connectivity index is 2.39. The molecule has 0 radical (unpaired) electrons. The number of carbonyl (C=O) groups excluding carboxylic acids is 2. The molecule has 1 aliphatic rings. The van der Waals surface area contributed by atoms with Crippen LogP contribution in [-0.4, -0.2) is 32.9 Å². The fraction of sp³-hybridized carbons (Fsp3) is 0.556. The van der Waals surface area contributed by atoms with Crippen LogP contribution in [0.4, 0.5) is 0 Å². The van der Waals surface area contributed by atoms with Crippen LogP contribution >= 0.6 is 0 Å². The first-order chi connectivity index (χ1) is 11.1. The fourth-order valence-corrected chi connectivity index (χ4v) is 3.10. The molecule has 0 bridgehead atoms. The van der Waals surface area contributed by atoms with E-state index in [1.54, 1.807) is 12.1 Å². The quantitative estimate of drug-likeness (QED) is 0.614. The van der Waals surface area contributed by atoms with Gasteiger partial charge in [0.1, 0.15) is 5.78 Å². The van der Waals surface area contributed by atoms with Crippen molar-refractivity contribution in [3.63, 3.8) is 0 Å². The van der Waals surface area contributed by atoms with Crippen LogP contribution in [0.5, 0.6) is 17.2 Å². The molecule has 126 valence electrons. The zero-order chi connectivity index (χ0) is 16.8. The fourth-order valence-electron chi connectivity index (χ4n) is 3.10. The lowest BCUT2D eigenvalue weighted by Crippen LogP contribution is -2.26. The SMILES string of the molecule is COc1ccc(C(=O)C2CCCCCCC2=O)c(OC)c1OC. The van der Waals surface area contributed by atoms with E-state index in [1.165, 1.54) is 21.3 Å². The molecule has 5 nitrogen and oxygen atoms in total. The Morgan fingerprint density at radius 3 is 2.30 bits per heavy atom. The molecule has 1 aromatic carbocycles. The van der Waals surface area contributed by atoms with E-state index in [1.807, 2.05) is 0 Å². The summed E-state index contributed by atoms with van der Waals surface area (Å²) >= 11 is 0. The van der Waals surface area contributed by atoms with Gasteiger partial charge in [-0.2, -0.15) is 0 Å². The molecule has 1 fully saturated rings. The van der Waals surface area contributed by atoms with Crippen molar-refractivity contribution in [3.8, 4) is 17.2 Å². The topological polar surface area (TPSA) is 61.8 Å². The predicted molar refractivity (Wildman–Crippen MR) is 86.6 cm³/mol. The second-order valence-corrected chi connectivity index (χ2v) is 5.72. The number of rotatable bonds is 5. The molecule has 0 aliphatic heterocycles. The molecule has 0 aromatic heterocycles. The van der Waals surface area contributed by atoms with Crippen LogP contribution in [0.2, 0.25) is 0 Å². The van der Waals surface area contributed by atoms with Crippen LogP contribution < -0.4 is 14.2 Å². The summed E-state index contributed by atoms with van der Waals surface area (Å²) in [7, 11) is 4.50. The molecule has 1 saturated carbocycles. The largest absolute Gasteiger partial charge is 0.493 e. The van der Waals surface area contributed by atoms with Crippen LogP contribution in [-0.2, 0) is 4.79 Å². The van der Waals surface area contributed by atoms with Crippen LogP contribution in [0.3, 0.4) is 0 Å². The third kappa shape index (κ3) is 3.66. The summed E-state index contributed by atoms with van der Waals surface area (Å²) in [5, 5.41) is 0. The highest BCUT2D eigenvalue weighted by Crippen LogP contribution is 2.41. The third-order valence-corrected chi connectivity index (χ3v) is 4.34. The van der Waals surface area contributed by atoms with Crippen molar-refractivity contribution in [1.82, 2.24) is 0 Å². The normalized spacial score (nSPS) is 18.7. The van der Waals surface area contributed by atoms with Crippen molar-refractivity contribution in [2.75, 3.05) is 21.3 Å². The molecule has 5 heteroatoms. The van der Waals surface area contributed by atoms with Gasteiger partial charge in [-0.05, 0) is 25.0 Å². The first-order valence-corrected chi connectivity index (χ1v) is 8.00. The number of methoxy groups -OCH3 is 3. The molecule has 0 amide bonds. The molecule has 0 heterocycles. The molecule has 1 aliphatic carbocycles. The molecule has 0 saturated heterocycles. The van der Waals surface area contributed by atoms with Crippen molar-refractivity contribution < 1.29 is 23.8 Å². The van der Waals surface area contributed by atoms with Crippen LogP contribution in [0.1, 0.15) is 48.9 Å². The maximum atomic E-state index is 12.9. The lowest BCUT2D eigenvalue weighted by molar-refractivity contribution is -0.122. The molecule has 1 aromatic rings. The molecule has 0 N–H and O–H groups in total. The van der Waals surface area contributed by atoms with Gasteiger partial charge in [0.05, 0.1) is 32.8 Å². The summed E-state index contributed by atoms with van der Waals surface area (Å²) in [4.78, 5) is 25.3. The van der Waals surface area contributed by atoms with E-state index < -0.39 is 5.92 Å². The van der Waals surface area contributed by atoms with Gasteiger partial charge in [0.25, 0.3) is 0 Å². The van der Waals surface area contributed by atoms with Gasteiger partial charge in [-0.1, -0.05) is 19.3 Å². The van der Waals surface area contributed by atoms with E-state index in [9.17, 15) is 9.59 Å². The average molecular weight is 320 g/mol. The Kier molecular flexibility index (Phi) is 6.02. The smallest absolute Gasteiger partial charge is 0.204 e. The number of hydrogen-bond acceptors (Lipinski definition) is 5. The highest BCUT2D eigenvalue weighted by molar-refractivity contribution is 6.12. The Hall–Kier alpha value is -2.04. The molecular formula is C18H24O5. The summed E-state index contributed by atoms with van der Waals surface area (Å²) in [5.74, 6) is 0.458.